The summed E-state index contributed by atoms with van der Waals surface area (Å²) >= 11 is 0. The largest absolute Gasteiger partial charge is 0.464 e. The number of methoxy groups -OCH3 is 2. The van der Waals surface area contributed by atoms with Crippen molar-refractivity contribution in [3.05, 3.63) is 12.7 Å². The number of hydrogen-bond donors (Lipinski definition) is 0. The molecule has 0 N–H and O–H groups in total. The topological polar surface area (TPSA) is 44.8 Å². The molecular formula is C10H20O4Si. The molecule has 0 bridgehead atoms. The van der Waals surface area contributed by atoms with Crippen LogP contribution in [0.2, 0.25) is 0 Å². The van der Waals surface area contributed by atoms with Crippen molar-refractivity contribution in [2.45, 2.75) is 31.4 Å². The monoisotopic (exact) mass is 232 g/mol. The Morgan fingerprint density at radius 1 is 1.47 bits per heavy atom. The standard InChI is InChI=1S/C10H20O4Si/c1-5-7-9(14-8(11)6-2)15-10(12-3)13-4/h6,9-10H,2,5,7,15H2,1,3-4H3. The van der Waals surface area contributed by atoms with Crippen LogP contribution in [0.15, 0.2) is 12.7 Å². The van der Waals surface area contributed by atoms with Gasteiger partial charge in [-0.2, -0.15) is 0 Å². The van der Waals surface area contributed by atoms with E-state index in [1.807, 2.05) is 0 Å². The maximum Gasteiger partial charge on any atom is 0.330 e. The van der Waals surface area contributed by atoms with Crippen molar-refractivity contribution < 1.29 is 19.0 Å². The average molecular weight is 232 g/mol. The summed E-state index contributed by atoms with van der Waals surface area (Å²) < 4.78 is 15.4. The Labute approximate surface area is 93.4 Å². The van der Waals surface area contributed by atoms with Gasteiger partial charge in [0.1, 0.15) is 15.4 Å². The fourth-order valence-electron chi connectivity index (χ4n) is 1.26. The number of rotatable bonds is 8. The van der Waals surface area contributed by atoms with E-state index in [9.17, 15) is 4.79 Å². The zero-order chi connectivity index (χ0) is 11.7. The zero-order valence-corrected chi connectivity index (χ0v) is 11.1. The van der Waals surface area contributed by atoms with Gasteiger partial charge >= 0.3 is 5.97 Å². The highest BCUT2D eigenvalue weighted by atomic mass is 28.2. The summed E-state index contributed by atoms with van der Waals surface area (Å²) in [6.07, 6.45) is 3.02. The van der Waals surface area contributed by atoms with Gasteiger partial charge in [0.05, 0.1) is 5.73 Å². The fourth-order valence-corrected chi connectivity index (χ4v) is 2.98. The lowest BCUT2D eigenvalue weighted by Crippen LogP contribution is -2.34. The van der Waals surface area contributed by atoms with Crippen molar-refractivity contribution in [1.29, 1.82) is 0 Å². The summed E-state index contributed by atoms with van der Waals surface area (Å²) in [5, 5.41) is 0. The molecule has 0 aliphatic carbocycles. The van der Waals surface area contributed by atoms with Crippen LogP contribution in [0.3, 0.4) is 0 Å². The van der Waals surface area contributed by atoms with Crippen LogP contribution in [0.5, 0.6) is 0 Å². The lowest BCUT2D eigenvalue weighted by atomic mass is 10.3. The summed E-state index contributed by atoms with van der Waals surface area (Å²) in [5.41, 5.74) is -0.0367. The van der Waals surface area contributed by atoms with Gasteiger partial charge < -0.3 is 14.2 Å². The summed E-state index contributed by atoms with van der Waals surface area (Å²) in [6, 6.07) is 0. The van der Waals surface area contributed by atoms with Crippen molar-refractivity contribution in [2.75, 3.05) is 14.2 Å². The Balaban J connectivity index is 4.12. The molecule has 1 atom stereocenters. The first kappa shape index (κ1) is 14.3. The van der Waals surface area contributed by atoms with E-state index in [4.69, 9.17) is 14.2 Å². The van der Waals surface area contributed by atoms with Gasteiger partial charge in [-0.25, -0.2) is 4.79 Å². The van der Waals surface area contributed by atoms with E-state index >= 15 is 0 Å². The summed E-state index contributed by atoms with van der Waals surface area (Å²) in [4.78, 5) is 11.1. The van der Waals surface area contributed by atoms with Crippen molar-refractivity contribution in [2.24, 2.45) is 0 Å². The molecule has 0 spiro atoms. The first-order chi connectivity index (χ1) is 7.17. The summed E-state index contributed by atoms with van der Waals surface area (Å²) in [7, 11) is 2.43. The highest BCUT2D eigenvalue weighted by Gasteiger charge is 2.18. The molecule has 5 heteroatoms. The molecule has 0 saturated carbocycles. The van der Waals surface area contributed by atoms with Gasteiger partial charge in [0.15, 0.2) is 0 Å². The van der Waals surface area contributed by atoms with Gasteiger partial charge in [-0.3, -0.25) is 0 Å². The molecule has 0 aliphatic heterocycles. The molecule has 0 rings (SSSR count). The maximum atomic E-state index is 11.1. The Morgan fingerprint density at radius 2 is 2.07 bits per heavy atom. The van der Waals surface area contributed by atoms with Crippen LogP contribution < -0.4 is 0 Å². The predicted molar refractivity (Wildman–Crippen MR) is 61.3 cm³/mol. The Kier molecular flexibility index (Phi) is 8.26. The highest BCUT2D eigenvalue weighted by molar-refractivity contribution is 6.38. The lowest BCUT2D eigenvalue weighted by Gasteiger charge is -2.20. The lowest BCUT2D eigenvalue weighted by molar-refractivity contribution is -0.140. The van der Waals surface area contributed by atoms with Crippen LogP contribution >= 0.6 is 0 Å². The Bertz CT molecular complexity index is 192. The maximum absolute atomic E-state index is 11.1. The van der Waals surface area contributed by atoms with Crippen LogP contribution in [-0.4, -0.2) is 41.3 Å². The minimum absolute atomic E-state index is 0.0367. The quantitative estimate of drug-likeness (QED) is 0.266. The second-order valence-corrected chi connectivity index (χ2v) is 5.24. The van der Waals surface area contributed by atoms with Crippen molar-refractivity contribution in [1.82, 2.24) is 0 Å². The van der Waals surface area contributed by atoms with Gasteiger partial charge in [-0.05, 0) is 6.42 Å². The van der Waals surface area contributed by atoms with Gasteiger partial charge in [0.2, 0.25) is 0 Å². The van der Waals surface area contributed by atoms with Gasteiger partial charge in [-0.1, -0.05) is 19.9 Å². The summed E-state index contributed by atoms with van der Waals surface area (Å²) in [6.45, 7) is 5.42. The van der Waals surface area contributed by atoms with E-state index in [0.29, 0.717) is 0 Å². The van der Waals surface area contributed by atoms with E-state index in [1.54, 1.807) is 14.2 Å². The summed E-state index contributed by atoms with van der Waals surface area (Å²) in [5.74, 6) is -0.564. The fraction of sp³-hybridized carbons (Fsp3) is 0.700. The molecule has 0 aromatic rings. The number of esters is 1. The highest BCUT2D eigenvalue weighted by Crippen LogP contribution is 2.05. The molecule has 4 nitrogen and oxygen atoms in total. The molecular weight excluding hydrogens is 212 g/mol. The van der Waals surface area contributed by atoms with Crippen molar-refractivity contribution >= 4 is 15.5 Å². The Morgan fingerprint density at radius 3 is 2.47 bits per heavy atom. The third-order valence-corrected chi connectivity index (χ3v) is 4.19. The average Bonchev–Trinajstić information content (AvgIpc) is 2.25. The van der Waals surface area contributed by atoms with Crippen LogP contribution in [0.4, 0.5) is 0 Å². The van der Waals surface area contributed by atoms with Crippen LogP contribution in [0.25, 0.3) is 0 Å². The number of carbonyl (C=O) groups excluding carboxylic acids is 1. The van der Waals surface area contributed by atoms with Gasteiger partial charge in [0, 0.05) is 20.3 Å². The molecule has 0 aromatic heterocycles. The molecule has 0 radical (unpaired) electrons. The smallest absolute Gasteiger partial charge is 0.330 e. The SMILES string of the molecule is C=CC(=O)OC(CCC)[SiH2]C(OC)OC. The van der Waals surface area contributed by atoms with E-state index in [0.717, 1.165) is 12.8 Å². The van der Waals surface area contributed by atoms with E-state index < -0.39 is 9.52 Å². The van der Waals surface area contributed by atoms with Crippen molar-refractivity contribution in [3.63, 3.8) is 0 Å². The molecule has 1 unspecified atom stereocenters. The second-order valence-electron chi connectivity index (χ2n) is 3.19. The molecule has 88 valence electrons. The Hall–Kier alpha value is -0.653. The van der Waals surface area contributed by atoms with Crippen LogP contribution in [0, 0.1) is 0 Å². The molecule has 0 amide bonds. The van der Waals surface area contributed by atoms with Gasteiger partial charge in [-0.15, -0.1) is 0 Å². The number of ether oxygens (including phenoxy) is 3. The van der Waals surface area contributed by atoms with Crippen LogP contribution in [0.1, 0.15) is 19.8 Å². The molecule has 15 heavy (non-hydrogen) atoms. The van der Waals surface area contributed by atoms with E-state index in [1.165, 1.54) is 6.08 Å². The number of hydrogen-bond acceptors (Lipinski definition) is 4. The van der Waals surface area contributed by atoms with Crippen molar-refractivity contribution in [3.8, 4) is 0 Å². The van der Waals surface area contributed by atoms with Crippen LogP contribution in [-0.2, 0) is 19.0 Å². The third kappa shape index (κ3) is 6.43. The minimum atomic E-state index is -0.759. The van der Waals surface area contributed by atoms with E-state index in [2.05, 4.69) is 13.5 Å². The normalized spacial score (nSPS) is 13.3. The van der Waals surface area contributed by atoms with E-state index in [-0.39, 0.29) is 17.6 Å². The molecule has 0 fully saturated rings. The zero-order valence-electron chi connectivity index (χ0n) is 9.69. The number of carbonyl (C=O) groups is 1. The molecule has 0 aliphatic rings. The first-order valence-corrected chi connectivity index (χ1v) is 6.69. The molecule has 0 saturated heterocycles. The minimum Gasteiger partial charge on any atom is -0.464 e. The van der Waals surface area contributed by atoms with Gasteiger partial charge in [0.25, 0.3) is 0 Å². The predicted octanol–water partition coefficient (Wildman–Crippen LogP) is 0.587. The molecule has 0 aromatic carbocycles. The first-order valence-electron chi connectivity index (χ1n) is 5.06. The third-order valence-electron chi connectivity index (χ3n) is 2.04. The second kappa shape index (κ2) is 8.64. The molecule has 0 heterocycles.